The van der Waals surface area contributed by atoms with Crippen molar-refractivity contribution in [1.82, 2.24) is 5.16 Å². The van der Waals surface area contributed by atoms with E-state index < -0.39 is 11.9 Å². The van der Waals surface area contributed by atoms with E-state index in [2.05, 4.69) is 5.16 Å². The predicted octanol–water partition coefficient (Wildman–Crippen LogP) is 1.56. The third-order valence-corrected chi connectivity index (χ3v) is 1.71. The Morgan fingerprint density at radius 1 is 1.83 bits per heavy atom. The zero-order chi connectivity index (χ0) is 9.14. The van der Waals surface area contributed by atoms with Crippen LogP contribution in [-0.4, -0.2) is 16.2 Å². The highest BCUT2D eigenvalue weighted by atomic mass is 16.5. The topological polar surface area (TPSA) is 63.3 Å². The Labute approximate surface area is 70.2 Å². The van der Waals surface area contributed by atoms with Gasteiger partial charge in [-0.3, -0.25) is 4.79 Å². The van der Waals surface area contributed by atoms with Gasteiger partial charge in [-0.05, 0) is 13.3 Å². The Hall–Kier alpha value is -1.32. The van der Waals surface area contributed by atoms with Crippen molar-refractivity contribution in [2.45, 2.75) is 26.2 Å². The van der Waals surface area contributed by atoms with Gasteiger partial charge in [-0.1, -0.05) is 12.1 Å². The minimum Gasteiger partial charge on any atom is -0.481 e. The fourth-order valence-electron chi connectivity index (χ4n) is 1.06. The van der Waals surface area contributed by atoms with E-state index in [0.29, 0.717) is 17.9 Å². The van der Waals surface area contributed by atoms with Crippen molar-refractivity contribution in [2.24, 2.45) is 0 Å². The second kappa shape index (κ2) is 3.38. The molecule has 0 radical (unpaired) electrons. The molecule has 0 amide bonds. The van der Waals surface area contributed by atoms with Crippen LogP contribution in [0.4, 0.5) is 0 Å². The molecule has 1 aromatic rings. The Morgan fingerprint density at radius 2 is 2.50 bits per heavy atom. The van der Waals surface area contributed by atoms with Crippen LogP contribution < -0.4 is 0 Å². The van der Waals surface area contributed by atoms with E-state index in [4.69, 9.17) is 9.63 Å². The first-order valence-electron chi connectivity index (χ1n) is 3.81. The van der Waals surface area contributed by atoms with E-state index in [1.165, 1.54) is 0 Å². The fraction of sp³-hybridized carbons (Fsp3) is 0.500. The molecule has 0 fully saturated rings. The third-order valence-electron chi connectivity index (χ3n) is 1.71. The first kappa shape index (κ1) is 8.77. The smallest absolute Gasteiger partial charge is 0.312 e. The SMILES string of the molecule is CCC(C(=O)O)c1cc(C)on1. The summed E-state index contributed by atoms with van der Waals surface area (Å²) in [5.41, 5.74) is 0.502. The van der Waals surface area contributed by atoms with Gasteiger partial charge >= 0.3 is 5.97 Å². The highest BCUT2D eigenvalue weighted by Crippen LogP contribution is 2.18. The number of hydrogen-bond acceptors (Lipinski definition) is 3. The van der Waals surface area contributed by atoms with Crippen molar-refractivity contribution >= 4 is 5.97 Å². The van der Waals surface area contributed by atoms with Gasteiger partial charge in [0.1, 0.15) is 11.7 Å². The van der Waals surface area contributed by atoms with Crippen LogP contribution in [-0.2, 0) is 4.79 Å². The summed E-state index contributed by atoms with van der Waals surface area (Å²) in [6.45, 7) is 3.55. The normalized spacial score (nSPS) is 12.8. The zero-order valence-electron chi connectivity index (χ0n) is 7.07. The van der Waals surface area contributed by atoms with E-state index >= 15 is 0 Å². The summed E-state index contributed by atoms with van der Waals surface area (Å²) in [4.78, 5) is 10.7. The number of carbonyl (C=O) groups is 1. The first-order chi connectivity index (χ1) is 5.65. The van der Waals surface area contributed by atoms with Gasteiger partial charge in [0.2, 0.25) is 0 Å². The molecule has 1 aromatic heterocycles. The molecule has 0 spiro atoms. The summed E-state index contributed by atoms with van der Waals surface area (Å²) in [5, 5.41) is 12.4. The molecule has 0 saturated carbocycles. The maximum absolute atomic E-state index is 10.7. The van der Waals surface area contributed by atoms with Gasteiger partial charge in [-0.15, -0.1) is 0 Å². The summed E-state index contributed by atoms with van der Waals surface area (Å²) >= 11 is 0. The van der Waals surface area contributed by atoms with Crippen LogP contribution in [0.15, 0.2) is 10.6 Å². The molecule has 0 bridgehead atoms. The molecule has 0 aromatic carbocycles. The van der Waals surface area contributed by atoms with Gasteiger partial charge in [0.05, 0.1) is 5.69 Å². The fourth-order valence-corrected chi connectivity index (χ4v) is 1.06. The number of rotatable bonds is 3. The molecule has 66 valence electrons. The van der Waals surface area contributed by atoms with Crippen LogP contribution in [0.5, 0.6) is 0 Å². The molecule has 0 saturated heterocycles. The van der Waals surface area contributed by atoms with Crippen LogP contribution in [0.25, 0.3) is 0 Å². The van der Waals surface area contributed by atoms with Crippen LogP contribution in [0, 0.1) is 6.92 Å². The standard InChI is InChI=1S/C8H11NO3/c1-3-6(8(10)11)7-4-5(2)12-9-7/h4,6H,3H2,1-2H3,(H,10,11). The van der Waals surface area contributed by atoms with Crippen LogP contribution in [0.1, 0.15) is 30.7 Å². The molecule has 12 heavy (non-hydrogen) atoms. The molecule has 1 heterocycles. The molecular formula is C8H11NO3. The summed E-state index contributed by atoms with van der Waals surface area (Å²) in [6, 6.07) is 1.66. The van der Waals surface area contributed by atoms with Crippen LogP contribution >= 0.6 is 0 Å². The lowest BCUT2D eigenvalue weighted by Gasteiger charge is -2.02. The van der Waals surface area contributed by atoms with Gasteiger partial charge in [0, 0.05) is 6.07 Å². The van der Waals surface area contributed by atoms with Gasteiger partial charge in [-0.25, -0.2) is 0 Å². The Morgan fingerprint density at radius 3 is 2.83 bits per heavy atom. The maximum Gasteiger partial charge on any atom is 0.312 e. The minimum absolute atomic E-state index is 0.502. The van der Waals surface area contributed by atoms with E-state index in [1.54, 1.807) is 13.0 Å². The molecule has 4 heteroatoms. The largest absolute Gasteiger partial charge is 0.481 e. The van der Waals surface area contributed by atoms with Crippen molar-refractivity contribution in [3.63, 3.8) is 0 Å². The third kappa shape index (κ3) is 1.64. The number of aliphatic carboxylic acids is 1. The zero-order valence-corrected chi connectivity index (χ0v) is 7.07. The highest BCUT2D eigenvalue weighted by Gasteiger charge is 2.20. The Kier molecular flexibility index (Phi) is 2.47. The van der Waals surface area contributed by atoms with Gasteiger partial charge < -0.3 is 9.63 Å². The molecule has 4 nitrogen and oxygen atoms in total. The maximum atomic E-state index is 10.7. The molecule has 0 aliphatic carbocycles. The number of aromatic nitrogens is 1. The lowest BCUT2D eigenvalue weighted by Crippen LogP contribution is -2.10. The summed E-state index contributed by atoms with van der Waals surface area (Å²) < 4.78 is 4.78. The molecular weight excluding hydrogens is 158 g/mol. The first-order valence-corrected chi connectivity index (χ1v) is 3.81. The minimum atomic E-state index is -0.856. The van der Waals surface area contributed by atoms with E-state index in [1.807, 2.05) is 6.92 Å². The van der Waals surface area contributed by atoms with Crippen molar-refractivity contribution in [2.75, 3.05) is 0 Å². The van der Waals surface area contributed by atoms with Crippen molar-refractivity contribution < 1.29 is 14.4 Å². The van der Waals surface area contributed by atoms with Crippen LogP contribution in [0.2, 0.25) is 0 Å². The highest BCUT2D eigenvalue weighted by molar-refractivity contribution is 5.75. The lowest BCUT2D eigenvalue weighted by molar-refractivity contribution is -0.139. The number of aryl methyl sites for hydroxylation is 1. The number of hydrogen-bond donors (Lipinski definition) is 1. The van der Waals surface area contributed by atoms with E-state index in [0.717, 1.165) is 0 Å². The Bertz CT molecular complexity index is 280. The number of carboxylic acids is 1. The summed E-state index contributed by atoms with van der Waals surface area (Å²) in [7, 11) is 0. The second-order valence-corrected chi connectivity index (χ2v) is 2.66. The van der Waals surface area contributed by atoms with Crippen molar-refractivity contribution in [3.05, 3.63) is 17.5 Å². The Balaban J connectivity index is 2.87. The lowest BCUT2D eigenvalue weighted by atomic mass is 10.0. The molecule has 1 N–H and O–H groups in total. The molecule has 0 aliphatic rings. The van der Waals surface area contributed by atoms with Crippen molar-refractivity contribution in [1.29, 1.82) is 0 Å². The average molecular weight is 169 g/mol. The number of nitrogens with zero attached hydrogens (tertiary/aromatic N) is 1. The van der Waals surface area contributed by atoms with Gasteiger partial charge in [0.15, 0.2) is 0 Å². The molecule has 1 unspecified atom stereocenters. The molecule has 1 atom stereocenters. The van der Waals surface area contributed by atoms with E-state index in [-0.39, 0.29) is 0 Å². The predicted molar refractivity (Wildman–Crippen MR) is 41.9 cm³/mol. The van der Waals surface area contributed by atoms with E-state index in [9.17, 15) is 4.79 Å². The summed E-state index contributed by atoms with van der Waals surface area (Å²) in [6.07, 6.45) is 0.529. The molecule has 1 rings (SSSR count). The van der Waals surface area contributed by atoms with Gasteiger partial charge in [0.25, 0.3) is 0 Å². The van der Waals surface area contributed by atoms with Crippen LogP contribution in [0.3, 0.4) is 0 Å². The summed E-state index contributed by atoms with van der Waals surface area (Å²) in [5.74, 6) is -0.752. The second-order valence-electron chi connectivity index (χ2n) is 2.66. The monoisotopic (exact) mass is 169 g/mol. The number of carboxylic acid groups (broad SMARTS) is 1. The van der Waals surface area contributed by atoms with Crippen molar-refractivity contribution in [3.8, 4) is 0 Å². The quantitative estimate of drug-likeness (QED) is 0.745. The average Bonchev–Trinajstić information content (AvgIpc) is 2.37. The molecule has 0 aliphatic heterocycles. The van der Waals surface area contributed by atoms with Gasteiger partial charge in [-0.2, -0.15) is 0 Å².